The van der Waals surface area contributed by atoms with Crippen LogP contribution < -0.4 is 10.7 Å². The third kappa shape index (κ3) is 7.76. The first kappa shape index (κ1) is 44.5. The number of aromatic nitrogens is 3. The van der Waals surface area contributed by atoms with E-state index in [0.717, 1.165) is 51.8 Å². The zero-order valence-corrected chi connectivity index (χ0v) is 39.4. The topological polar surface area (TPSA) is 181 Å². The minimum Gasteiger partial charge on any atom is -0.464 e. The highest BCUT2D eigenvalue weighted by atomic mass is 16.5. The number of likely N-dealkylation sites (tertiary alicyclic amines) is 1. The number of ether oxygens (including phenoxy) is 6. The van der Waals surface area contributed by atoms with Crippen molar-refractivity contribution in [2.24, 2.45) is 34.5 Å². The Morgan fingerprint density at radius 1 is 1.03 bits per heavy atom. The van der Waals surface area contributed by atoms with Crippen molar-refractivity contribution in [2.45, 2.75) is 95.8 Å². The number of amides is 2. The van der Waals surface area contributed by atoms with Crippen molar-refractivity contribution in [1.82, 2.24) is 35.2 Å². The number of rotatable bonds is 10. The predicted molar refractivity (Wildman–Crippen MR) is 245 cm³/mol. The van der Waals surface area contributed by atoms with E-state index < -0.39 is 29.5 Å². The fraction of sp³-hybridized carbons (Fsp3) is 0.627. The summed E-state index contributed by atoms with van der Waals surface area (Å²) in [7, 11) is 1.70. The minimum absolute atomic E-state index is 0.0150. The van der Waals surface area contributed by atoms with Crippen LogP contribution in [0.4, 0.5) is 0 Å². The van der Waals surface area contributed by atoms with Gasteiger partial charge < -0.3 is 42.7 Å². The van der Waals surface area contributed by atoms with Crippen LogP contribution in [0, 0.1) is 34.5 Å². The van der Waals surface area contributed by atoms with Gasteiger partial charge in [-0.2, -0.15) is 0 Å². The van der Waals surface area contributed by atoms with Crippen LogP contribution in [0.2, 0.25) is 0 Å². The third-order valence-electron chi connectivity index (χ3n) is 16.3. The summed E-state index contributed by atoms with van der Waals surface area (Å²) in [5.41, 5.74) is 9.10. The van der Waals surface area contributed by atoms with E-state index in [1.807, 2.05) is 13.0 Å². The van der Waals surface area contributed by atoms with Gasteiger partial charge in [-0.1, -0.05) is 19.9 Å². The van der Waals surface area contributed by atoms with Crippen LogP contribution in [0.25, 0.3) is 33.4 Å². The Hall–Kier alpha value is -4.75. The van der Waals surface area contributed by atoms with E-state index in [2.05, 4.69) is 58.3 Å². The summed E-state index contributed by atoms with van der Waals surface area (Å²) in [6, 6.07) is 7.81. The SMILES string of the molecule is CO[C@@H](C)c1ncccc1-c1c2c3cc(ccc3n1CCOC1CCOCC1)-c1coc(n1)[C@@H](N1CC3(COC3)C1)[C@H](NC(=O)C1[C@H]3COC[C@@H]13)C(=O)N1N[C@H](C(=O)OCC(C)(C)C2)C2CC1C2. The van der Waals surface area contributed by atoms with Crippen molar-refractivity contribution in [3.63, 3.8) is 0 Å². The molecule has 2 saturated carbocycles. The molecule has 6 saturated heterocycles. The zero-order valence-electron chi connectivity index (χ0n) is 39.4. The lowest BCUT2D eigenvalue weighted by atomic mass is 9.72. The lowest BCUT2D eigenvalue weighted by molar-refractivity contribution is -0.205. The summed E-state index contributed by atoms with van der Waals surface area (Å²) in [4.78, 5) is 56.3. The normalized spacial score (nSPS) is 31.3. The van der Waals surface area contributed by atoms with Gasteiger partial charge in [-0.05, 0) is 86.6 Å². The molecule has 9 aliphatic rings. The van der Waals surface area contributed by atoms with Gasteiger partial charge in [-0.3, -0.25) is 29.3 Å². The van der Waals surface area contributed by atoms with Crippen LogP contribution in [0.1, 0.15) is 75.7 Å². The van der Waals surface area contributed by atoms with Gasteiger partial charge in [0.05, 0.1) is 63.2 Å². The maximum atomic E-state index is 15.3. The number of carbonyl (C=O) groups is 3. The average molecular weight is 934 g/mol. The van der Waals surface area contributed by atoms with E-state index >= 15 is 4.79 Å². The molecule has 2 amide bonds. The van der Waals surface area contributed by atoms with Gasteiger partial charge in [0.1, 0.15) is 30.1 Å². The Balaban J connectivity index is 0.993. The number of hydrogen-bond acceptors (Lipinski definition) is 14. The number of hydrogen-bond donors (Lipinski definition) is 2. The monoisotopic (exact) mass is 933 g/mol. The average Bonchev–Trinajstić information content (AvgIpc) is 3.64. The number of oxazole rings is 1. The van der Waals surface area contributed by atoms with E-state index in [1.54, 1.807) is 24.6 Å². The first-order chi connectivity index (χ1) is 33.0. The largest absolute Gasteiger partial charge is 0.464 e. The molecule has 1 aromatic carbocycles. The minimum atomic E-state index is -1.06. The number of hydrazine groups is 1. The highest BCUT2D eigenvalue weighted by Gasteiger charge is 2.61. The van der Waals surface area contributed by atoms with Crippen LogP contribution in [-0.4, -0.2) is 140 Å². The van der Waals surface area contributed by atoms with Gasteiger partial charge >= 0.3 is 5.97 Å². The fourth-order valence-electron chi connectivity index (χ4n) is 12.3. The molecule has 13 rings (SSSR count). The molecule has 4 aromatic rings. The van der Waals surface area contributed by atoms with E-state index in [1.165, 1.54) is 0 Å². The van der Waals surface area contributed by atoms with Gasteiger partial charge in [0.25, 0.3) is 5.91 Å². The molecule has 7 aliphatic heterocycles. The second kappa shape index (κ2) is 17.3. The number of nitrogens with one attached hydrogen (secondary N) is 2. The molecular formula is C51H63N7O10. The van der Waals surface area contributed by atoms with Crippen molar-refractivity contribution in [3.05, 3.63) is 59.9 Å². The summed E-state index contributed by atoms with van der Waals surface area (Å²) in [6.07, 6.45) is 6.90. The number of carbonyl (C=O) groups excluding carboxylic acids is 3. The molecule has 1 unspecified atom stereocenters. The number of nitrogens with zero attached hydrogens (tertiary/aromatic N) is 5. The molecule has 8 fully saturated rings. The standard InChI is InChI=1S/C51H63N7O10/c1-28(62-4)41-33(6-5-11-52-41)44-35-19-50(2,3)25-68-49(61)42-30-16-31(17-30)58(55-42)48(60)43(54-46(59)40-36-20-64-21-37(36)40)45(56-23-51(24-56)26-65-27-51)47-53-38(22-67-47)29-7-8-39(34(35)18-29)57(44)12-15-66-32-9-13-63-14-10-32/h5-8,11,18,22,28,30-32,36-37,40,42-43,45,55H,9-10,12-17,19-21,23-27H2,1-4H3,(H,54,59)/t28-,30?,31?,36-,37+,40?,42-,43-,45-/m0/s1. The molecule has 7 atom stereocenters. The third-order valence-corrected chi connectivity index (χ3v) is 16.3. The maximum Gasteiger partial charge on any atom is 0.325 e. The highest BCUT2D eigenvalue weighted by molar-refractivity contribution is 5.95. The summed E-state index contributed by atoms with van der Waals surface area (Å²) in [6.45, 7) is 12.5. The lowest BCUT2D eigenvalue weighted by Gasteiger charge is -2.58. The molecule has 1 spiro atoms. The first-order valence-corrected chi connectivity index (χ1v) is 24.7. The predicted octanol–water partition coefficient (Wildman–Crippen LogP) is 4.63. The summed E-state index contributed by atoms with van der Waals surface area (Å²) >= 11 is 0. The summed E-state index contributed by atoms with van der Waals surface area (Å²) < 4.78 is 44.6. The Labute approximate surface area is 395 Å². The molecule has 3 aromatic heterocycles. The van der Waals surface area contributed by atoms with E-state index in [9.17, 15) is 9.59 Å². The molecule has 8 bridgehead atoms. The molecule has 17 nitrogen and oxygen atoms in total. The van der Waals surface area contributed by atoms with Gasteiger partial charge in [0, 0.05) is 91.0 Å². The molecule has 2 N–H and O–H groups in total. The van der Waals surface area contributed by atoms with Crippen molar-refractivity contribution in [3.8, 4) is 22.5 Å². The molecule has 17 heteroatoms. The number of pyridine rings is 1. The molecule has 68 heavy (non-hydrogen) atoms. The van der Waals surface area contributed by atoms with Gasteiger partial charge in [0.2, 0.25) is 11.8 Å². The number of esters is 1. The van der Waals surface area contributed by atoms with E-state index in [-0.39, 0.29) is 65.8 Å². The maximum absolute atomic E-state index is 15.3. The summed E-state index contributed by atoms with van der Waals surface area (Å²) in [5, 5.41) is 5.88. The highest BCUT2D eigenvalue weighted by Crippen LogP contribution is 2.52. The zero-order chi connectivity index (χ0) is 46.5. The quantitative estimate of drug-likeness (QED) is 0.210. The fourth-order valence-corrected chi connectivity index (χ4v) is 12.3. The number of cyclic esters (lactones) is 1. The van der Waals surface area contributed by atoms with E-state index in [0.29, 0.717) is 96.7 Å². The Morgan fingerprint density at radius 3 is 2.57 bits per heavy atom. The van der Waals surface area contributed by atoms with Crippen molar-refractivity contribution >= 4 is 28.7 Å². The van der Waals surface area contributed by atoms with Crippen molar-refractivity contribution in [2.75, 3.05) is 73.1 Å². The number of fused-ring (bicyclic) bond motifs is 5. The lowest BCUT2D eigenvalue weighted by Crippen LogP contribution is -2.73. The molecule has 362 valence electrons. The second-order valence-electron chi connectivity index (χ2n) is 21.6. The summed E-state index contributed by atoms with van der Waals surface area (Å²) in [5.74, 6) is -0.477. The van der Waals surface area contributed by atoms with Crippen LogP contribution in [-0.2, 0) is 55.8 Å². The Morgan fingerprint density at radius 2 is 1.82 bits per heavy atom. The van der Waals surface area contributed by atoms with Crippen LogP contribution in [0.5, 0.6) is 0 Å². The Kier molecular flexibility index (Phi) is 11.3. The van der Waals surface area contributed by atoms with Gasteiger partial charge in [-0.25, -0.2) is 10.4 Å². The van der Waals surface area contributed by atoms with Crippen LogP contribution in [0.15, 0.2) is 47.2 Å². The number of benzene rings is 1. The second-order valence-corrected chi connectivity index (χ2v) is 21.6. The molecule has 10 heterocycles. The molecular weight excluding hydrogens is 871 g/mol. The van der Waals surface area contributed by atoms with Crippen molar-refractivity contribution in [1.29, 1.82) is 0 Å². The van der Waals surface area contributed by atoms with Gasteiger partial charge in [-0.15, -0.1) is 0 Å². The van der Waals surface area contributed by atoms with E-state index in [4.69, 9.17) is 42.8 Å². The van der Waals surface area contributed by atoms with Crippen LogP contribution >= 0.6 is 0 Å². The smallest absolute Gasteiger partial charge is 0.325 e. The van der Waals surface area contributed by atoms with Gasteiger partial charge in [0.15, 0.2) is 0 Å². The molecule has 2 aliphatic carbocycles. The Bertz CT molecular complexity index is 2580. The van der Waals surface area contributed by atoms with Crippen molar-refractivity contribution < 1.29 is 47.2 Å². The number of methoxy groups -OCH3 is 1. The van der Waals surface area contributed by atoms with Crippen LogP contribution in [0.3, 0.4) is 0 Å². The first-order valence-electron chi connectivity index (χ1n) is 24.7. The molecule has 0 radical (unpaired) electrons.